The zero-order valence-corrected chi connectivity index (χ0v) is 12.7. The smallest absolute Gasteiger partial charge is 0.194 e. The molecule has 2 heterocycles. The van der Waals surface area contributed by atoms with Crippen LogP contribution in [-0.2, 0) is 12.8 Å². The maximum Gasteiger partial charge on any atom is 0.194 e. The number of hydrogen-bond donors (Lipinski definition) is 1. The van der Waals surface area contributed by atoms with Gasteiger partial charge in [-0.05, 0) is 19.9 Å². The van der Waals surface area contributed by atoms with Gasteiger partial charge in [-0.25, -0.2) is 4.98 Å². The quantitative estimate of drug-likeness (QED) is 0.798. The van der Waals surface area contributed by atoms with E-state index in [-0.39, 0.29) is 0 Å². The summed E-state index contributed by atoms with van der Waals surface area (Å²) in [6.07, 6.45) is 1.88. The van der Waals surface area contributed by atoms with Crippen LogP contribution in [0.1, 0.15) is 23.2 Å². The first kappa shape index (κ1) is 13.3. The van der Waals surface area contributed by atoms with Crippen molar-refractivity contribution in [3.63, 3.8) is 0 Å². The Balaban J connectivity index is 2.28. The molecule has 0 unspecified atom stereocenters. The van der Waals surface area contributed by atoms with E-state index in [9.17, 15) is 0 Å². The molecule has 0 fully saturated rings. The van der Waals surface area contributed by atoms with Gasteiger partial charge in [-0.15, -0.1) is 11.3 Å². The highest BCUT2D eigenvalue weighted by Gasteiger charge is 2.18. The lowest BCUT2D eigenvalue weighted by Crippen LogP contribution is -2.07. The van der Waals surface area contributed by atoms with Gasteiger partial charge >= 0.3 is 0 Å². The van der Waals surface area contributed by atoms with E-state index in [1.165, 1.54) is 21.8 Å². The van der Waals surface area contributed by atoms with Crippen LogP contribution in [0.15, 0.2) is 30.3 Å². The van der Waals surface area contributed by atoms with Crippen molar-refractivity contribution in [2.45, 2.75) is 26.7 Å². The Morgan fingerprint density at radius 1 is 1.20 bits per heavy atom. The van der Waals surface area contributed by atoms with Gasteiger partial charge in [0.2, 0.25) is 0 Å². The summed E-state index contributed by atoms with van der Waals surface area (Å²) in [7, 11) is 0. The second-order valence-electron chi connectivity index (χ2n) is 4.89. The lowest BCUT2D eigenvalue weighted by atomic mass is 10.1. The molecular weight excluding hydrogens is 266 g/mol. The highest BCUT2D eigenvalue weighted by Crippen LogP contribution is 2.31. The van der Waals surface area contributed by atoms with E-state index >= 15 is 0 Å². The number of fused-ring (bicyclic) bond motifs is 1. The molecule has 0 aliphatic carbocycles. The molecule has 0 aliphatic rings. The van der Waals surface area contributed by atoms with Gasteiger partial charge in [0.05, 0.1) is 11.4 Å². The van der Waals surface area contributed by atoms with Crippen molar-refractivity contribution < 1.29 is 0 Å². The first-order valence-electron chi connectivity index (χ1n) is 7.01. The summed E-state index contributed by atoms with van der Waals surface area (Å²) in [5, 5.41) is 0. The molecule has 0 saturated carbocycles. The molecule has 0 saturated heterocycles. The summed E-state index contributed by atoms with van der Waals surface area (Å²) in [6, 6.07) is 10.4. The molecule has 0 spiro atoms. The Morgan fingerprint density at radius 3 is 2.60 bits per heavy atom. The molecular formula is C16H19N3S. The zero-order valence-electron chi connectivity index (χ0n) is 11.9. The van der Waals surface area contributed by atoms with E-state index in [1.807, 2.05) is 6.07 Å². The van der Waals surface area contributed by atoms with Crippen molar-refractivity contribution in [3.05, 3.63) is 46.6 Å². The van der Waals surface area contributed by atoms with Crippen LogP contribution in [0, 0.1) is 6.92 Å². The molecule has 0 atom stereocenters. The van der Waals surface area contributed by atoms with Crippen LogP contribution >= 0.6 is 11.3 Å². The van der Waals surface area contributed by atoms with Crippen molar-refractivity contribution in [2.24, 2.45) is 5.73 Å². The summed E-state index contributed by atoms with van der Waals surface area (Å²) in [5.41, 5.74) is 10.7. The van der Waals surface area contributed by atoms with Crippen LogP contribution in [0.25, 0.3) is 16.2 Å². The number of aryl methyl sites for hydroxylation is 2. The maximum absolute atomic E-state index is 5.82. The topological polar surface area (TPSA) is 43.3 Å². The summed E-state index contributed by atoms with van der Waals surface area (Å²) in [6.45, 7) is 5.02. The molecule has 3 aromatic rings. The zero-order chi connectivity index (χ0) is 14.1. The minimum absolute atomic E-state index is 0.645. The van der Waals surface area contributed by atoms with Gasteiger partial charge in [0.25, 0.3) is 0 Å². The fourth-order valence-corrected chi connectivity index (χ4v) is 3.81. The normalized spacial score (nSPS) is 11.3. The van der Waals surface area contributed by atoms with Crippen LogP contribution in [0.2, 0.25) is 0 Å². The predicted octanol–water partition coefficient (Wildman–Crippen LogP) is 3.43. The van der Waals surface area contributed by atoms with E-state index in [0.29, 0.717) is 6.54 Å². The van der Waals surface area contributed by atoms with Gasteiger partial charge in [-0.2, -0.15) is 0 Å². The van der Waals surface area contributed by atoms with Crippen molar-refractivity contribution in [3.8, 4) is 11.3 Å². The average molecular weight is 285 g/mol. The monoisotopic (exact) mass is 285 g/mol. The van der Waals surface area contributed by atoms with Crippen LogP contribution in [0.4, 0.5) is 0 Å². The van der Waals surface area contributed by atoms with E-state index in [0.717, 1.165) is 23.5 Å². The molecule has 20 heavy (non-hydrogen) atoms. The predicted molar refractivity (Wildman–Crippen MR) is 85.4 cm³/mol. The van der Waals surface area contributed by atoms with Crippen molar-refractivity contribution >= 4 is 16.3 Å². The molecule has 1 aromatic carbocycles. The third-order valence-electron chi connectivity index (χ3n) is 3.63. The van der Waals surface area contributed by atoms with Gasteiger partial charge in [0.15, 0.2) is 4.96 Å². The first-order chi connectivity index (χ1) is 9.76. The molecule has 2 N–H and O–H groups in total. The lowest BCUT2D eigenvalue weighted by molar-refractivity contribution is 0.873. The number of thiazole rings is 1. The summed E-state index contributed by atoms with van der Waals surface area (Å²) < 4.78 is 2.31. The molecule has 3 rings (SSSR count). The summed E-state index contributed by atoms with van der Waals surface area (Å²) in [5.74, 6) is 0. The van der Waals surface area contributed by atoms with Gasteiger partial charge in [-0.1, -0.05) is 37.3 Å². The number of nitrogens with two attached hydrogens (primary N) is 1. The molecule has 0 radical (unpaired) electrons. The van der Waals surface area contributed by atoms with Gasteiger partial charge in [-0.3, -0.25) is 4.40 Å². The second-order valence-corrected chi connectivity index (χ2v) is 6.07. The summed E-state index contributed by atoms with van der Waals surface area (Å²) >= 11 is 1.77. The SMILES string of the molecule is CCc1c(C)sc2nc(-c3ccccc3)c(CCN)n12. The molecule has 4 heteroatoms. The number of benzene rings is 1. The van der Waals surface area contributed by atoms with E-state index in [1.54, 1.807) is 11.3 Å². The molecule has 0 bridgehead atoms. The molecule has 104 valence electrons. The van der Waals surface area contributed by atoms with Crippen molar-refractivity contribution in [2.75, 3.05) is 6.54 Å². The number of hydrogen-bond acceptors (Lipinski definition) is 3. The first-order valence-corrected chi connectivity index (χ1v) is 7.83. The Kier molecular flexibility index (Phi) is 3.59. The van der Waals surface area contributed by atoms with E-state index in [2.05, 4.69) is 42.5 Å². The van der Waals surface area contributed by atoms with Crippen LogP contribution in [-0.4, -0.2) is 15.9 Å². The molecule has 0 amide bonds. The third kappa shape index (κ3) is 2.05. The molecule has 2 aromatic heterocycles. The van der Waals surface area contributed by atoms with Crippen molar-refractivity contribution in [1.82, 2.24) is 9.38 Å². The Hall–Kier alpha value is -1.65. The molecule has 3 nitrogen and oxygen atoms in total. The van der Waals surface area contributed by atoms with E-state index in [4.69, 9.17) is 10.7 Å². The third-order valence-corrected chi connectivity index (χ3v) is 4.62. The fourth-order valence-electron chi connectivity index (χ4n) is 2.73. The number of nitrogens with zero attached hydrogens (tertiary/aromatic N) is 2. The van der Waals surface area contributed by atoms with Gasteiger partial charge in [0.1, 0.15) is 0 Å². The molecule has 0 aliphatic heterocycles. The Labute approximate surface area is 123 Å². The van der Waals surface area contributed by atoms with Gasteiger partial charge in [0, 0.05) is 22.6 Å². The van der Waals surface area contributed by atoms with Crippen LogP contribution < -0.4 is 5.73 Å². The number of aromatic nitrogens is 2. The highest BCUT2D eigenvalue weighted by molar-refractivity contribution is 7.17. The average Bonchev–Trinajstić information content (AvgIpc) is 2.96. The van der Waals surface area contributed by atoms with E-state index < -0.39 is 0 Å². The minimum atomic E-state index is 0.645. The van der Waals surface area contributed by atoms with Crippen LogP contribution in [0.3, 0.4) is 0 Å². The fraction of sp³-hybridized carbons (Fsp3) is 0.312. The van der Waals surface area contributed by atoms with Gasteiger partial charge < -0.3 is 5.73 Å². The maximum atomic E-state index is 5.82. The largest absolute Gasteiger partial charge is 0.330 e. The minimum Gasteiger partial charge on any atom is -0.330 e. The standard InChI is InChI=1S/C16H19N3S/c1-3-13-11(2)20-16-18-15(12-7-5-4-6-8-12)14(9-10-17)19(13)16/h4-8H,3,9-10,17H2,1-2H3. The van der Waals surface area contributed by atoms with Crippen LogP contribution in [0.5, 0.6) is 0 Å². The Morgan fingerprint density at radius 2 is 1.95 bits per heavy atom. The number of imidazole rings is 1. The Bertz CT molecular complexity index is 725. The lowest BCUT2D eigenvalue weighted by Gasteiger charge is -2.06. The summed E-state index contributed by atoms with van der Waals surface area (Å²) in [4.78, 5) is 7.30. The highest BCUT2D eigenvalue weighted by atomic mass is 32.1. The van der Waals surface area contributed by atoms with Crippen molar-refractivity contribution in [1.29, 1.82) is 0 Å². The second kappa shape index (κ2) is 5.38. The number of rotatable bonds is 4.